The highest BCUT2D eigenvalue weighted by molar-refractivity contribution is 5.86. The standard InChI is InChI=1S/C14H23NO.C6H5NO2/c1-5-14(11(2)10-15(3)4)12-7-6-8-13(16)9-12;8-6(9)5-2-1-3-7-4-5/h6-9,11,14,16H,5,10H2,1-4H3;1-4H,(H,8,9)/t11-,14+;/m0./s1. The Bertz CT molecular complexity index is 644. The third kappa shape index (κ3) is 7.35. The predicted octanol–water partition coefficient (Wildman–Crippen LogP) is 3.86. The minimum absolute atomic E-state index is 0.220. The van der Waals surface area contributed by atoms with Crippen LogP contribution in [0.3, 0.4) is 0 Å². The van der Waals surface area contributed by atoms with Crippen LogP contribution < -0.4 is 0 Å². The largest absolute Gasteiger partial charge is 0.508 e. The Hall–Kier alpha value is -2.40. The maximum atomic E-state index is 10.2. The molecule has 1 heterocycles. The first-order chi connectivity index (χ1) is 11.8. The summed E-state index contributed by atoms with van der Waals surface area (Å²) in [6.07, 6.45) is 3.95. The molecule has 2 atom stereocenters. The molecule has 2 rings (SSSR count). The van der Waals surface area contributed by atoms with Gasteiger partial charge in [-0.3, -0.25) is 4.98 Å². The highest BCUT2D eigenvalue weighted by Gasteiger charge is 2.18. The van der Waals surface area contributed by atoms with E-state index in [0.717, 1.165) is 13.0 Å². The molecule has 0 fully saturated rings. The molecule has 0 amide bonds. The van der Waals surface area contributed by atoms with Crippen LogP contribution in [0.5, 0.6) is 5.75 Å². The summed E-state index contributed by atoms with van der Waals surface area (Å²) >= 11 is 0. The van der Waals surface area contributed by atoms with Crippen LogP contribution in [0.2, 0.25) is 0 Å². The van der Waals surface area contributed by atoms with Gasteiger partial charge < -0.3 is 15.1 Å². The zero-order valence-corrected chi connectivity index (χ0v) is 15.4. The number of carbonyl (C=O) groups is 1. The van der Waals surface area contributed by atoms with Crippen LogP contribution in [0, 0.1) is 5.92 Å². The number of hydrogen-bond acceptors (Lipinski definition) is 4. The Morgan fingerprint density at radius 1 is 1.24 bits per heavy atom. The van der Waals surface area contributed by atoms with Crippen LogP contribution in [-0.4, -0.2) is 46.7 Å². The van der Waals surface area contributed by atoms with Crippen molar-refractivity contribution in [1.29, 1.82) is 0 Å². The second kappa shape index (κ2) is 10.5. The first-order valence-corrected chi connectivity index (χ1v) is 8.42. The summed E-state index contributed by atoms with van der Waals surface area (Å²) < 4.78 is 0. The molecule has 2 N–H and O–H groups in total. The van der Waals surface area contributed by atoms with E-state index in [0.29, 0.717) is 17.6 Å². The molecule has 2 aromatic rings. The van der Waals surface area contributed by atoms with Crippen molar-refractivity contribution < 1.29 is 15.0 Å². The van der Waals surface area contributed by atoms with E-state index in [-0.39, 0.29) is 5.56 Å². The molecule has 25 heavy (non-hydrogen) atoms. The monoisotopic (exact) mass is 344 g/mol. The molecule has 0 bridgehead atoms. The second-order valence-corrected chi connectivity index (χ2v) is 6.40. The Labute approximate surface area is 150 Å². The van der Waals surface area contributed by atoms with Gasteiger partial charge in [-0.1, -0.05) is 26.0 Å². The van der Waals surface area contributed by atoms with Crippen LogP contribution in [-0.2, 0) is 0 Å². The smallest absolute Gasteiger partial charge is 0.337 e. The Morgan fingerprint density at radius 2 is 1.96 bits per heavy atom. The zero-order chi connectivity index (χ0) is 18.8. The lowest BCUT2D eigenvalue weighted by molar-refractivity contribution is 0.0696. The van der Waals surface area contributed by atoms with Gasteiger partial charge in [0, 0.05) is 18.9 Å². The minimum Gasteiger partial charge on any atom is -0.508 e. The molecule has 1 aromatic carbocycles. The zero-order valence-electron chi connectivity index (χ0n) is 15.4. The molecule has 5 nitrogen and oxygen atoms in total. The van der Waals surface area contributed by atoms with E-state index in [2.05, 4.69) is 43.9 Å². The van der Waals surface area contributed by atoms with Gasteiger partial charge in [0.2, 0.25) is 0 Å². The fourth-order valence-corrected chi connectivity index (χ4v) is 2.91. The molecule has 1 aromatic heterocycles. The number of hydrogen-bond donors (Lipinski definition) is 2. The number of rotatable bonds is 6. The van der Waals surface area contributed by atoms with Crippen molar-refractivity contribution in [2.24, 2.45) is 5.92 Å². The first kappa shape index (κ1) is 20.6. The predicted molar refractivity (Wildman–Crippen MR) is 100 cm³/mol. The number of benzene rings is 1. The Kier molecular flexibility index (Phi) is 8.64. The van der Waals surface area contributed by atoms with Crippen LogP contribution in [0.15, 0.2) is 48.8 Å². The fraction of sp³-hybridized carbons (Fsp3) is 0.400. The SMILES string of the molecule is CC[C@@H](c1cccc(O)c1)[C@@H](C)CN(C)C.O=C(O)c1cccnc1. The summed E-state index contributed by atoms with van der Waals surface area (Å²) in [5.74, 6) is 0.549. The molecule has 136 valence electrons. The molecule has 0 aliphatic carbocycles. The summed E-state index contributed by atoms with van der Waals surface area (Å²) in [7, 11) is 4.21. The van der Waals surface area contributed by atoms with Gasteiger partial charge in [0.1, 0.15) is 5.75 Å². The van der Waals surface area contributed by atoms with E-state index in [9.17, 15) is 9.90 Å². The fourth-order valence-electron chi connectivity index (χ4n) is 2.91. The van der Waals surface area contributed by atoms with Gasteiger partial charge in [-0.05, 0) is 62.2 Å². The number of phenolic OH excluding ortho intramolecular Hbond substituents is 1. The van der Waals surface area contributed by atoms with Crippen LogP contribution in [0.4, 0.5) is 0 Å². The van der Waals surface area contributed by atoms with Gasteiger partial charge in [0.25, 0.3) is 0 Å². The maximum absolute atomic E-state index is 10.2. The Balaban J connectivity index is 0.000000293. The molecular formula is C20H28N2O3. The average Bonchev–Trinajstić information content (AvgIpc) is 2.56. The van der Waals surface area contributed by atoms with Crippen LogP contribution in [0.1, 0.15) is 42.1 Å². The third-order valence-corrected chi connectivity index (χ3v) is 3.99. The van der Waals surface area contributed by atoms with Crippen molar-refractivity contribution in [2.45, 2.75) is 26.2 Å². The molecule has 0 saturated heterocycles. The lowest BCUT2D eigenvalue weighted by atomic mass is 9.85. The third-order valence-electron chi connectivity index (χ3n) is 3.99. The normalized spacial score (nSPS) is 12.8. The maximum Gasteiger partial charge on any atom is 0.337 e. The van der Waals surface area contributed by atoms with Gasteiger partial charge in [0.15, 0.2) is 0 Å². The highest BCUT2D eigenvalue weighted by atomic mass is 16.4. The van der Waals surface area contributed by atoms with Crippen LogP contribution >= 0.6 is 0 Å². The van der Waals surface area contributed by atoms with Crippen molar-refractivity contribution in [2.75, 3.05) is 20.6 Å². The summed E-state index contributed by atoms with van der Waals surface area (Å²) in [6, 6.07) is 10.7. The number of aromatic carboxylic acids is 1. The molecule has 0 saturated carbocycles. The van der Waals surface area contributed by atoms with Gasteiger partial charge in [-0.2, -0.15) is 0 Å². The van der Waals surface area contributed by atoms with Crippen molar-refractivity contribution in [3.05, 3.63) is 59.9 Å². The van der Waals surface area contributed by atoms with Crippen molar-refractivity contribution in [3.63, 3.8) is 0 Å². The number of aromatic nitrogens is 1. The molecule has 0 radical (unpaired) electrons. The number of carboxylic acids is 1. The number of carboxylic acid groups (broad SMARTS) is 1. The van der Waals surface area contributed by atoms with E-state index < -0.39 is 5.97 Å². The molecule has 0 aliphatic heterocycles. The number of aromatic hydroxyl groups is 1. The minimum atomic E-state index is -0.942. The van der Waals surface area contributed by atoms with E-state index in [4.69, 9.17) is 5.11 Å². The second-order valence-electron chi connectivity index (χ2n) is 6.40. The molecule has 0 aliphatic rings. The van der Waals surface area contributed by atoms with Crippen molar-refractivity contribution in [1.82, 2.24) is 9.88 Å². The van der Waals surface area contributed by atoms with E-state index >= 15 is 0 Å². The van der Waals surface area contributed by atoms with Gasteiger partial charge in [0.05, 0.1) is 5.56 Å². The van der Waals surface area contributed by atoms with Gasteiger partial charge in [-0.25, -0.2) is 4.79 Å². The first-order valence-electron chi connectivity index (χ1n) is 8.42. The van der Waals surface area contributed by atoms with Crippen molar-refractivity contribution >= 4 is 5.97 Å². The topological polar surface area (TPSA) is 73.7 Å². The van der Waals surface area contributed by atoms with E-state index in [1.807, 2.05) is 12.1 Å². The lowest BCUT2D eigenvalue weighted by Crippen LogP contribution is -2.24. The number of phenols is 1. The quantitative estimate of drug-likeness (QED) is 0.832. The number of nitrogens with zero attached hydrogens (tertiary/aromatic N) is 2. The van der Waals surface area contributed by atoms with Crippen LogP contribution in [0.25, 0.3) is 0 Å². The highest BCUT2D eigenvalue weighted by Crippen LogP contribution is 2.30. The molecule has 0 unspecified atom stereocenters. The lowest BCUT2D eigenvalue weighted by Gasteiger charge is -2.26. The summed E-state index contributed by atoms with van der Waals surface area (Å²) in [5.41, 5.74) is 1.47. The molecular weight excluding hydrogens is 316 g/mol. The number of pyridine rings is 1. The van der Waals surface area contributed by atoms with Gasteiger partial charge >= 0.3 is 5.97 Å². The summed E-state index contributed by atoms with van der Waals surface area (Å²) in [5, 5.41) is 17.9. The average molecular weight is 344 g/mol. The summed E-state index contributed by atoms with van der Waals surface area (Å²) in [4.78, 5) is 16.0. The van der Waals surface area contributed by atoms with E-state index in [1.54, 1.807) is 12.1 Å². The Morgan fingerprint density at radius 3 is 2.40 bits per heavy atom. The van der Waals surface area contributed by atoms with Gasteiger partial charge in [-0.15, -0.1) is 0 Å². The summed E-state index contributed by atoms with van der Waals surface area (Å²) in [6.45, 7) is 5.56. The van der Waals surface area contributed by atoms with Crippen molar-refractivity contribution in [3.8, 4) is 5.75 Å². The molecule has 0 spiro atoms. The molecule has 5 heteroatoms. The van der Waals surface area contributed by atoms with E-state index in [1.165, 1.54) is 24.0 Å².